The van der Waals surface area contributed by atoms with Gasteiger partial charge in [-0.05, 0) is 137 Å². The van der Waals surface area contributed by atoms with Crippen molar-refractivity contribution < 1.29 is 10.0 Å². The Kier molecular flexibility index (Phi) is 17.2. The molecule has 103 heavy (non-hydrogen) atoms. The van der Waals surface area contributed by atoms with Crippen LogP contribution in [0.4, 0.5) is 0 Å². The van der Waals surface area contributed by atoms with Crippen LogP contribution in [-0.2, 0) is 0 Å². The first-order chi connectivity index (χ1) is 50.3. The molecule has 488 valence electrons. The van der Waals surface area contributed by atoms with Crippen LogP contribution in [0.25, 0.3) is 184 Å². The number of halogens is 1. The van der Waals surface area contributed by atoms with Gasteiger partial charge in [-0.15, -0.1) is 22.7 Å². The normalized spacial score (nSPS) is 11.4. The van der Waals surface area contributed by atoms with E-state index in [9.17, 15) is 10.0 Å². The van der Waals surface area contributed by atoms with Crippen molar-refractivity contribution in [1.29, 1.82) is 0 Å². The van der Waals surface area contributed by atoms with Gasteiger partial charge in [0, 0.05) is 78.6 Å². The van der Waals surface area contributed by atoms with E-state index in [0.29, 0.717) is 10.6 Å². The van der Waals surface area contributed by atoms with E-state index >= 15 is 0 Å². The molecule has 10 heteroatoms. The van der Waals surface area contributed by atoms with E-state index < -0.39 is 7.12 Å². The van der Waals surface area contributed by atoms with Gasteiger partial charge < -0.3 is 10.0 Å². The molecule has 0 aliphatic carbocycles. The van der Waals surface area contributed by atoms with Crippen molar-refractivity contribution in [3.05, 3.63) is 345 Å². The van der Waals surface area contributed by atoms with E-state index in [4.69, 9.17) is 21.6 Å². The Morgan fingerprint density at radius 2 is 0.612 bits per heavy atom. The molecule has 20 rings (SSSR count). The zero-order chi connectivity index (χ0) is 68.2. The summed E-state index contributed by atoms with van der Waals surface area (Å²) in [6.07, 6.45) is 3.54. The van der Waals surface area contributed by atoms with Gasteiger partial charge in [-0.2, -0.15) is 0 Å². The molecule has 16 aromatic carbocycles. The highest BCUT2D eigenvalue weighted by molar-refractivity contribution is 7.26. The second kappa shape index (κ2) is 27.5. The van der Waals surface area contributed by atoms with Crippen molar-refractivity contribution in [2.75, 3.05) is 0 Å². The minimum absolute atomic E-state index is 0. The lowest BCUT2D eigenvalue weighted by atomic mass is 9.79. The topological polar surface area (TPSA) is 92.0 Å². The lowest BCUT2D eigenvalue weighted by Gasteiger charge is -2.12. The van der Waals surface area contributed by atoms with Crippen molar-refractivity contribution in [2.24, 2.45) is 0 Å². The zero-order valence-corrected chi connectivity index (χ0v) is 57.2. The van der Waals surface area contributed by atoms with E-state index in [0.717, 1.165) is 77.1 Å². The van der Waals surface area contributed by atoms with E-state index in [-0.39, 0.29) is 7.43 Å². The molecule has 0 bridgehead atoms. The standard InChI is InChI=1S/C46H28N2S.C30H21BO2S.C16H9ClN2.CH4/c1-3-12-29(13-4-1)31-22-23-43-40(25-31)41-27-34(30-14-5-2-6-15-30)26-39(46(41)49-43)32-16-11-17-33(24-32)42-28-47-44-37-20-9-7-18-35(37)36-19-8-10-21-38(36)45(44)48-42;32-31(33)25-13-7-12-23(16-25)26-18-24(21-10-5-2-6-11-21)19-28-27-17-22(20-8-3-1-4-9-20)14-15-29(27)34-30(26)28;17-14-9-18-15-12-7-3-1-5-10(12)11-6-2-4-8-13(11)16(15)19-14;/h1-28H;1-19,32-33H;1-9H;1H4. The van der Waals surface area contributed by atoms with Gasteiger partial charge in [-0.1, -0.05) is 292 Å². The smallest absolute Gasteiger partial charge is 0.423 e. The Hall–Kier alpha value is -12.0. The highest BCUT2D eigenvalue weighted by Crippen LogP contribution is 2.47. The molecule has 6 nitrogen and oxygen atoms in total. The third kappa shape index (κ3) is 12.1. The van der Waals surface area contributed by atoms with Gasteiger partial charge in [0.1, 0.15) is 5.15 Å². The lowest BCUT2D eigenvalue weighted by molar-refractivity contribution is 0.426. The molecule has 0 aliphatic heterocycles. The Morgan fingerprint density at radius 3 is 1.06 bits per heavy atom. The van der Waals surface area contributed by atoms with Gasteiger partial charge >= 0.3 is 7.12 Å². The molecule has 2 N–H and O–H groups in total. The second-order valence-corrected chi connectivity index (χ2v) is 28.0. The summed E-state index contributed by atoms with van der Waals surface area (Å²) in [6.45, 7) is 0. The monoisotopic (exact) mass is 1380 g/mol. The maximum Gasteiger partial charge on any atom is 0.488 e. The Morgan fingerprint density at radius 1 is 0.262 bits per heavy atom. The first-order valence-corrected chi connectivity index (χ1v) is 35.9. The number of aromatic nitrogens is 4. The Balaban J connectivity index is 0.000000126. The van der Waals surface area contributed by atoms with Crippen molar-refractivity contribution >= 4 is 152 Å². The van der Waals surface area contributed by atoms with Crippen LogP contribution in [0.5, 0.6) is 0 Å². The summed E-state index contributed by atoms with van der Waals surface area (Å²) in [6, 6.07) is 115. The summed E-state index contributed by atoms with van der Waals surface area (Å²) in [7, 11) is -1.50. The van der Waals surface area contributed by atoms with Crippen LogP contribution in [-0.4, -0.2) is 37.1 Å². The van der Waals surface area contributed by atoms with Crippen LogP contribution in [0.15, 0.2) is 340 Å². The minimum Gasteiger partial charge on any atom is -0.423 e. The third-order valence-electron chi connectivity index (χ3n) is 19.4. The van der Waals surface area contributed by atoms with Gasteiger partial charge in [0.05, 0.1) is 40.2 Å². The van der Waals surface area contributed by atoms with Gasteiger partial charge in [0.15, 0.2) is 0 Å². The molecule has 0 amide bonds. The summed E-state index contributed by atoms with van der Waals surface area (Å²) in [5, 5.41) is 34.2. The van der Waals surface area contributed by atoms with Crippen LogP contribution in [0, 0.1) is 0 Å². The number of hydrogen-bond donors (Lipinski definition) is 2. The van der Waals surface area contributed by atoms with E-state index in [1.165, 1.54) is 106 Å². The summed E-state index contributed by atoms with van der Waals surface area (Å²) >= 11 is 9.65. The molecule has 0 spiro atoms. The van der Waals surface area contributed by atoms with Crippen molar-refractivity contribution in [1.82, 2.24) is 19.9 Å². The second-order valence-electron chi connectivity index (χ2n) is 25.5. The number of benzene rings is 16. The predicted octanol–water partition coefficient (Wildman–Crippen LogP) is 24.9. The molecule has 0 atom stereocenters. The lowest BCUT2D eigenvalue weighted by Crippen LogP contribution is -2.29. The van der Waals surface area contributed by atoms with Crippen molar-refractivity contribution in [2.45, 2.75) is 7.43 Å². The molecule has 4 heterocycles. The van der Waals surface area contributed by atoms with Crippen LogP contribution in [0.1, 0.15) is 7.43 Å². The number of fused-ring (bicyclic) bond motifs is 18. The fourth-order valence-electron chi connectivity index (χ4n) is 14.5. The molecule has 0 unspecified atom stereocenters. The first kappa shape index (κ1) is 64.3. The Bertz CT molecular complexity index is 6560. The number of hydrogen-bond acceptors (Lipinski definition) is 8. The fraction of sp³-hybridized carbons (Fsp3) is 0.0108. The third-order valence-corrected chi connectivity index (χ3v) is 22.0. The SMILES string of the molecule is C.Clc1cnc2c3ccccc3c3ccccc3c2n1.OB(O)c1cccc(-c2cc(-c3ccccc3)cc3c2sc2ccc(-c4ccccc4)cc23)c1.c1ccc(-c2ccc3sc4c(-c5cccc(-c6cnc7c8ccccc8c8ccccc8c7n6)c5)cc(-c5ccccc5)cc4c3c2)cc1. The first-order valence-electron chi connectivity index (χ1n) is 33.9. The number of thiophene rings is 2. The quantitative estimate of drug-likeness (QED) is 0.116. The van der Waals surface area contributed by atoms with Gasteiger partial charge in [-0.25, -0.2) is 9.97 Å². The van der Waals surface area contributed by atoms with Crippen LogP contribution >= 0.6 is 34.3 Å². The molecular formula is C93H62BClN4O2S2. The molecule has 0 fully saturated rings. The highest BCUT2D eigenvalue weighted by Gasteiger charge is 2.21. The van der Waals surface area contributed by atoms with Gasteiger partial charge in [0.25, 0.3) is 0 Å². The van der Waals surface area contributed by atoms with Crippen LogP contribution < -0.4 is 5.46 Å². The van der Waals surface area contributed by atoms with Crippen LogP contribution in [0.3, 0.4) is 0 Å². The maximum absolute atomic E-state index is 9.75. The zero-order valence-electron chi connectivity index (χ0n) is 54.8. The van der Waals surface area contributed by atoms with Crippen molar-refractivity contribution in [3.63, 3.8) is 0 Å². The summed E-state index contributed by atoms with van der Waals surface area (Å²) in [5.74, 6) is 0. The molecule has 0 aliphatic rings. The van der Waals surface area contributed by atoms with E-state index in [2.05, 4.69) is 277 Å². The molecule has 0 saturated carbocycles. The highest BCUT2D eigenvalue weighted by atomic mass is 35.5. The summed E-state index contributed by atoms with van der Waals surface area (Å²) < 4.78 is 5.01. The molecule has 0 saturated heterocycles. The predicted molar refractivity (Wildman–Crippen MR) is 441 cm³/mol. The van der Waals surface area contributed by atoms with E-state index in [1.54, 1.807) is 23.6 Å². The largest absolute Gasteiger partial charge is 0.488 e. The van der Waals surface area contributed by atoms with Gasteiger partial charge in [0.2, 0.25) is 0 Å². The maximum atomic E-state index is 9.75. The number of rotatable bonds is 8. The van der Waals surface area contributed by atoms with Crippen LogP contribution in [0.2, 0.25) is 5.15 Å². The summed E-state index contributed by atoms with van der Waals surface area (Å²) in [5.41, 5.74) is 20.1. The molecule has 20 aromatic rings. The molecule has 4 aromatic heterocycles. The fourth-order valence-corrected chi connectivity index (χ4v) is 17.0. The minimum atomic E-state index is -1.50. The average molecular weight is 1380 g/mol. The summed E-state index contributed by atoms with van der Waals surface area (Å²) in [4.78, 5) is 19.3. The molecular weight excluding hydrogens is 1320 g/mol. The average Bonchev–Trinajstić information content (AvgIpc) is 1.67. The van der Waals surface area contributed by atoms with E-state index in [1.807, 2.05) is 72.1 Å². The van der Waals surface area contributed by atoms with Gasteiger partial charge in [-0.3, -0.25) is 9.97 Å². The van der Waals surface area contributed by atoms with Crippen molar-refractivity contribution in [3.8, 4) is 78.0 Å². The number of nitrogens with zero attached hydrogens (tertiary/aromatic N) is 4. The Labute approximate surface area is 608 Å². The molecule has 0 radical (unpaired) electrons.